The molecule has 0 radical (unpaired) electrons. The summed E-state index contributed by atoms with van der Waals surface area (Å²) in [5.41, 5.74) is -0.0711. The lowest BCUT2D eigenvalue weighted by molar-refractivity contribution is 0.0505. The van der Waals surface area contributed by atoms with Crippen molar-refractivity contribution in [1.29, 1.82) is 0 Å². The molecule has 0 saturated carbocycles. The molecule has 0 fully saturated rings. The Labute approximate surface area is 172 Å². The number of rotatable bonds is 4. The molecule has 0 aliphatic carbocycles. The lowest BCUT2D eigenvalue weighted by atomic mass is 10.1. The average molecular weight is 540 g/mol. The second-order valence-corrected chi connectivity index (χ2v) is 9.39. The molecule has 1 aromatic carbocycles. The largest absolute Gasteiger partial charge is 0.462 e. The van der Waals surface area contributed by atoms with E-state index in [1.807, 2.05) is 12.1 Å². The van der Waals surface area contributed by atoms with Crippen LogP contribution in [0.4, 0.5) is 4.79 Å². The molecule has 1 heterocycles. The van der Waals surface area contributed by atoms with E-state index in [1.54, 1.807) is 27.7 Å². The number of benzene rings is 1. The quantitative estimate of drug-likeness (QED) is 0.413. The van der Waals surface area contributed by atoms with Gasteiger partial charge in [-0.05, 0) is 78.3 Å². The summed E-state index contributed by atoms with van der Waals surface area (Å²) in [5.74, 6) is -0.382. The van der Waals surface area contributed by atoms with Crippen molar-refractivity contribution in [2.24, 2.45) is 0 Å². The van der Waals surface area contributed by atoms with Crippen molar-refractivity contribution in [2.75, 3.05) is 6.61 Å². The molecule has 25 heavy (non-hydrogen) atoms. The van der Waals surface area contributed by atoms with Crippen LogP contribution >= 0.6 is 49.9 Å². The van der Waals surface area contributed by atoms with Gasteiger partial charge >= 0.3 is 12.1 Å². The maximum absolute atomic E-state index is 12.4. The zero-order valence-corrected chi connectivity index (χ0v) is 18.9. The number of ether oxygens (including phenoxy) is 2. The van der Waals surface area contributed by atoms with Gasteiger partial charge in [0.1, 0.15) is 5.60 Å². The number of carbonyl (C=O) groups is 2. The predicted molar refractivity (Wildman–Crippen MR) is 111 cm³/mol. The van der Waals surface area contributed by atoms with Crippen LogP contribution in [0.25, 0.3) is 10.1 Å². The topological polar surface area (TPSA) is 64.6 Å². The number of alkyl carbamates (subject to hydrolysis) is 1. The molecule has 0 aliphatic heterocycles. The van der Waals surface area contributed by atoms with E-state index in [9.17, 15) is 9.59 Å². The zero-order chi connectivity index (χ0) is 18.8. The second kappa shape index (κ2) is 8.22. The van der Waals surface area contributed by atoms with Crippen LogP contribution in [0.2, 0.25) is 0 Å². The van der Waals surface area contributed by atoms with Gasteiger partial charge in [0, 0.05) is 23.0 Å². The third kappa shape index (κ3) is 5.30. The Bertz CT molecular complexity index is 813. The Kier molecular flexibility index (Phi) is 6.72. The number of carbonyl (C=O) groups excluding carboxylic acids is 2. The van der Waals surface area contributed by atoms with Gasteiger partial charge in [0.2, 0.25) is 0 Å². The van der Waals surface area contributed by atoms with Crippen molar-refractivity contribution in [2.45, 2.75) is 39.8 Å². The van der Waals surface area contributed by atoms with Crippen LogP contribution in [0.3, 0.4) is 0 Å². The van der Waals surface area contributed by atoms with E-state index in [4.69, 9.17) is 9.47 Å². The maximum Gasteiger partial charge on any atom is 0.407 e. The highest BCUT2D eigenvalue weighted by Gasteiger charge is 2.22. The minimum absolute atomic E-state index is 0.205. The fourth-order valence-electron chi connectivity index (χ4n) is 2.16. The molecule has 0 unspecified atom stereocenters. The van der Waals surface area contributed by atoms with Gasteiger partial charge in [-0.15, -0.1) is 11.3 Å². The maximum atomic E-state index is 12.4. The molecule has 0 atom stereocenters. The summed E-state index contributed by atoms with van der Waals surface area (Å²) in [7, 11) is 0. The smallest absolute Gasteiger partial charge is 0.407 e. The third-order valence-corrected chi connectivity index (χ3v) is 6.52. The van der Waals surface area contributed by atoms with Crippen molar-refractivity contribution in [3.63, 3.8) is 0 Å². The van der Waals surface area contributed by atoms with Crippen molar-refractivity contribution >= 4 is 72.0 Å². The van der Waals surface area contributed by atoms with Gasteiger partial charge in [-0.25, -0.2) is 9.59 Å². The number of amides is 1. The molecule has 1 aromatic heterocycles. The van der Waals surface area contributed by atoms with Gasteiger partial charge in [-0.2, -0.15) is 0 Å². The van der Waals surface area contributed by atoms with Gasteiger partial charge in [0.05, 0.1) is 18.7 Å². The van der Waals surface area contributed by atoms with Crippen LogP contribution in [0, 0.1) is 3.57 Å². The first kappa shape index (κ1) is 20.4. The first-order chi connectivity index (χ1) is 11.6. The minimum atomic E-state index is -0.574. The molecule has 2 rings (SSSR count). The number of thiophene rings is 1. The first-order valence-electron chi connectivity index (χ1n) is 7.66. The number of halogens is 2. The predicted octanol–water partition coefficient (Wildman–Crippen LogP) is 5.47. The lowest BCUT2D eigenvalue weighted by Crippen LogP contribution is -2.32. The summed E-state index contributed by atoms with van der Waals surface area (Å²) >= 11 is 7.17. The Morgan fingerprint density at radius 1 is 1.32 bits per heavy atom. The molecule has 8 heteroatoms. The lowest BCUT2D eigenvalue weighted by Gasteiger charge is -2.19. The summed E-state index contributed by atoms with van der Waals surface area (Å²) in [6.45, 7) is 7.67. The molecule has 0 spiro atoms. The molecule has 5 nitrogen and oxygen atoms in total. The number of hydrogen-bond acceptors (Lipinski definition) is 5. The van der Waals surface area contributed by atoms with Gasteiger partial charge in [0.25, 0.3) is 0 Å². The highest BCUT2D eigenvalue weighted by atomic mass is 127. The van der Waals surface area contributed by atoms with E-state index in [0.29, 0.717) is 12.2 Å². The summed E-state index contributed by atoms with van der Waals surface area (Å²) in [5, 5.41) is 3.54. The number of hydrogen-bond donors (Lipinski definition) is 1. The number of esters is 1. The highest BCUT2D eigenvalue weighted by molar-refractivity contribution is 14.1. The van der Waals surface area contributed by atoms with Crippen molar-refractivity contribution in [3.05, 3.63) is 30.6 Å². The molecular formula is C17H19BrINO4S. The normalized spacial score (nSPS) is 11.4. The Hall–Kier alpha value is -0.870. The van der Waals surface area contributed by atoms with Crippen LogP contribution in [0.15, 0.2) is 16.6 Å². The molecule has 1 N–H and O–H groups in total. The Morgan fingerprint density at radius 3 is 2.60 bits per heavy atom. The third-order valence-electron chi connectivity index (χ3n) is 3.08. The number of nitrogens with one attached hydrogen (secondary N) is 1. The Balaban J connectivity index is 2.36. The monoisotopic (exact) mass is 539 g/mol. The average Bonchev–Trinajstić information content (AvgIpc) is 2.81. The Morgan fingerprint density at radius 2 is 2.00 bits per heavy atom. The standard InChI is InChI=1S/C17H19BrINO4S/c1-5-23-15(21)14-9-6-11(19)10(18)7-12(9)25-13(14)8-20-16(22)24-17(2,3)4/h6-7H,5,8H2,1-4H3,(H,20,22). The van der Waals surface area contributed by atoms with Crippen LogP contribution < -0.4 is 5.32 Å². The summed E-state index contributed by atoms with van der Waals surface area (Å²) in [6.07, 6.45) is -0.518. The second-order valence-electron chi connectivity index (χ2n) is 6.24. The van der Waals surface area contributed by atoms with E-state index in [2.05, 4.69) is 43.8 Å². The molecule has 136 valence electrons. The molecule has 0 saturated heterocycles. The van der Waals surface area contributed by atoms with Crippen molar-refractivity contribution in [3.8, 4) is 0 Å². The van der Waals surface area contributed by atoms with Gasteiger partial charge in [-0.1, -0.05) is 0 Å². The minimum Gasteiger partial charge on any atom is -0.462 e. The van der Waals surface area contributed by atoms with Crippen molar-refractivity contribution < 1.29 is 19.1 Å². The zero-order valence-electron chi connectivity index (χ0n) is 14.4. The highest BCUT2D eigenvalue weighted by Crippen LogP contribution is 2.36. The molecule has 0 aliphatic rings. The van der Waals surface area contributed by atoms with Gasteiger partial charge in [0.15, 0.2) is 0 Å². The van der Waals surface area contributed by atoms with Crippen molar-refractivity contribution in [1.82, 2.24) is 5.32 Å². The summed E-state index contributed by atoms with van der Waals surface area (Å²) in [6, 6.07) is 3.92. The first-order valence-corrected chi connectivity index (χ1v) is 10.4. The van der Waals surface area contributed by atoms with E-state index in [1.165, 1.54) is 11.3 Å². The van der Waals surface area contributed by atoms with Crippen LogP contribution in [-0.4, -0.2) is 24.3 Å². The number of fused-ring (bicyclic) bond motifs is 1. The van der Waals surface area contributed by atoms with Crippen LogP contribution in [0.5, 0.6) is 0 Å². The van der Waals surface area contributed by atoms with Gasteiger partial charge < -0.3 is 14.8 Å². The summed E-state index contributed by atoms with van der Waals surface area (Å²) < 4.78 is 13.4. The van der Waals surface area contributed by atoms with Gasteiger partial charge in [-0.3, -0.25) is 0 Å². The van der Waals surface area contributed by atoms with Crippen LogP contribution in [0.1, 0.15) is 42.9 Å². The fraction of sp³-hybridized carbons (Fsp3) is 0.412. The molecule has 0 bridgehead atoms. The summed E-state index contributed by atoms with van der Waals surface area (Å²) in [4.78, 5) is 25.1. The van der Waals surface area contributed by atoms with E-state index < -0.39 is 11.7 Å². The molecule has 2 aromatic rings. The fourth-order valence-corrected chi connectivity index (χ4v) is 4.28. The SMILES string of the molecule is CCOC(=O)c1c(CNC(=O)OC(C)(C)C)sc2cc(Br)c(I)cc12. The molecular weight excluding hydrogens is 521 g/mol. The van der Waals surface area contributed by atoms with E-state index >= 15 is 0 Å². The van der Waals surface area contributed by atoms with Crippen LogP contribution in [-0.2, 0) is 16.0 Å². The molecule has 1 amide bonds. The van der Waals surface area contributed by atoms with E-state index in [-0.39, 0.29) is 12.5 Å². The van der Waals surface area contributed by atoms with E-state index in [0.717, 1.165) is 23.0 Å².